The van der Waals surface area contributed by atoms with E-state index in [9.17, 15) is 5.11 Å². The molecule has 3 nitrogen and oxygen atoms in total. The second-order valence-electron chi connectivity index (χ2n) is 6.45. The molecule has 1 aromatic rings. The molecule has 0 radical (unpaired) electrons. The van der Waals surface area contributed by atoms with E-state index in [0.29, 0.717) is 0 Å². The minimum absolute atomic E-state index is 0.214. The lowest BCUT2D eigenvalue weighted by molar-refractivity contribution is 0.0257. The Bertz CT molecular complexity index is 485. The Morgan fingerprint density at radius 2 is 2.05 bits per heavy atom. The van der Waals surface area contributed by atoms with E-state index in [2.05, 4.69) is 34.5 Å². The molecule has 19 heavy (non-hydrogen) atoms. The van der Waals surface area contributed by atoms with Crippen LogP contribution in [0.1, 0.15) is 31.2 Å². The number of hydrogen-bond acceptors (Lipinski definition) is 3. The number of hydrogen-bond donors (Lipinski definition) is 2. The highest BCUT2D eigenvalue weighted by Gasteiger charge is 2.47. The summed E-state index contributed by atoms with van der Waals surface area (Å²) >= 11 is 0. The van der Waals surface area contributed by atoms with Gasteiger partial charge in [-0.05, 0) is 43.7 Å². The minimum atomic E-state index is -0.532. The van der Waals surface area contributed by atoms with Crippen LogP contribution >= 0.6 is 0 Å². The molecular weight excluding hydrogens is 236 g/mol. The predicted molar refractivity (Wildman–Crippen MR) is 76.3 cm³/mol. The maximum absolute atomic E-state index is 11.0. The number of nitrogens with zero attached hydrogens (tertiary/aromatic N) is 1. The van der Waals surface area contributed by atoms with Gasteiger partial charge in [-0.3, -0.25) is 4.90 Å². The average Bonchev–Trinajstić information content (AvgIpc) is 3.22. The molecule has 1 saturated carbocycles. The number of anilines is 1. The lowest BCUT2D eigenvalue weighted by atomic mass is 9.85. The average molecular weight is 258 g/mol. The molecule has 1 saturated heterocycles. The molecule has 0 aromatic heterocycles. The number of para-hydroxylation sites is 1. The number of benzene rings is 1. The van der Waals surface area contributed by atoms with Gasteiger partial charge < -0.3 is 10.4 Å². The van der Waals surface area contributed by atoms with E-state index < -0.39 is 5.60 Å². The zero-order valence-electron chi connectivity index (χ0n) is 11.3. The van der Waals surface area contributed by atoms with Crippen LogP contribution in [0.25, 0.3) is 0 Å². The van der Waals surface area contributed by atoms with Crippen molar-refractivity contribution in [2.24, 2.45) is 0 Å². The summed E-state index contributed by atoms with van der Waals surface area (Å²) in [6.45, 7) is 1.93. The van der Waals surface area contributed by atoms with E-state index in [-0.39, 0.29) is 6.04 Å². The quantitative estimate of drug-likeness (QED) is 0.852. The Morgan fingerprint density at radius 3 is 2.89 bits per heavy atom. The van der Waals surface area contributed by atoms with Crippen LogP contribution in [0.2, 0.25) is 0 Å². The Balaban J connectivity index is 1.51. The molecule has 2 N–H and O–H groups in total. The van der Waals surface area contributed by atoms with E-state index in [1.165, 1.54) is 24.1 Å². The Labute approximate surface area is 114 Å². The SMILES string of the molecule is OC1(C2CCc3ccccc3N2)CCN(C2CC2)C1. The lowest BCUT2D eigenvalue weighted by Gasteiger charge is -2.37. The number of aliphatic hydroxyl groups is 1. The predicted octanol–water partition coefficient (Wildman–Crippen LogP) is 2.01. The molecule has 1 aromatic carbocycles. The molecule has 2 unspecified atom stereocenters. The van der Waals surface area contributed by atoms with Gasteiger partial charge in [-0.1, -0.05) is 18.2 Å². The first-order chi connectivity index (χ1) is 9.24. The highest BCUT2D eigenvalue weighted by Crippen LogP contribution is 2.38. The van der Waals surface area contributed by atoms with Gasteiger partial charge in [-0.2, -0.15) is 0 Å². The van der Waals surface area contributed by atoms with Gasteiger partial charge in [0.1, 0.15) is 0 Å². The third kappa shape index (κ3) is 2.05. The van der Waals surface area contributed by atoms with Crippen LogP contribution in [0.5, 0.6) is 0 Å². The van der Waals surface area contributed by atoms with E-state index in [1.54, 1.807) is 0 Å². The third-order valence-electron chi connectivity index (χ3n) is 5.07. The maximum Gasteiger partial charge on any atom is 0.0986 e. The van der Waals surface area contributed by atoms with Crippen LogP contribution in [0, 0.1) is 0 Å². The van der Waals surface area contributed by atoms with Gasteiger partial charge in [0.05, 0.1) is 11.6 Å². The second kappa shape index (κ2) is 4.22. The van der Waals surface area contributed by atoms with Crippen molar-refractivity contribution in [3.8, 4) is 0 Å². The van der Waals surface area contributed by atoms with Gasteiger partial charge in [0, 0.05) is 24.8 Å². The van der Waals surface area contributed by atoms with Gasteiger partial charge in [0.25, 0.3) is 0 Å². The zero-order valence-corrected chi connectivity index (χ0v) is 11.3. The monoisotopic (exact) mass is 258 g/mol. The molecule has 1 aliphatic carbocycles. The molecule has 2 fully saturated rings. The van der Waals surface area contributed by atoms with Gasteiger partial charge in [-0.25, -0.2) is 0 Å². The lowest BCUT2D eigenvalue weighted by Crippen LogP contribution is -2.50. The summed E-state index contributed by atoms with van der Waals surface area (Å²) in [5.74, 6) is 0. The fourth-order valence-corrected chi connectivity index (χ4v) is 3.72. The van der Waals surface area contributed by atoms with Crippen LogP contribution in [0.3, 0.4) is 0 Å². The summed E-state index contributed by atoms with van der Waals surface area (Å²) < 4.78 is 0. The highest BCUT2D eigenvalue weighted by molar-refractivity contribution is 5.54. The maximum atomic E-state index is 11.0. The summed E-state index contributed by atoms with van der Waals surface area (Å²) in [5, 5.41) is 14.6. The van der Waals surface area contributed by atoms with Crippen LogP contribution in [0.15, 0.2) is 24.3 Å². The van der Waals surface area contributed by atoms with Gasteiger partial charge in [0.2, 0.25) is 0 Å². The number of rotatable bonds is 2. The Hall–Kier alpha value is -1.06. The van der Waals surface area contributed by atoms with Crippen molar-refractivity contribution < 1.29 is 5.11 Å². The first-order valence-electron chi connectivity index (χ1n) is 7.55. The molecule has 3 aliphatic rings. The Morgan fingerprint density at radius 1 is 1.21 bits per heavy atom. The number of β-amino-alcohol motifs (C(OH)–C–C–N with tert-alkyl or cyclic N) is 1. The molecule has 4 rings (SSSR count). The molecule has 2 aliphatic heterocycles. The smallest absolute Gasteiger partial charge is 0.0986 e. The molecule has 2 heterocycles. The van der Waals surface area contributed by atoms with Gasteiger partial charge >= 0.3 is 0 Å². The summed E-state index contributed by atoms with van der Waals surface area (Å²) in [7, 11) is 0. The zero-order chi connectivity index (χ0) is 12.9. The third-order valence-corrected chi connectivity index (χ3v) is 5.07. The molecular formula is C16H22N2O. The van der Waals surface area contributed by atoms with Crippen molar-refractivity contribution >= 4 is 5.69 Å². The number of nitrogens with one attached hydrogen (secondary N) is 1. The van der Waals surface area contributed by atoms with Crippen molar-refractivity contribution in [2.75, 3.05) is 18.4 Å². The van der Waals surface area contributed by atoms with Crippen molar-refractivity contribution in [2.45, 2.75) is 49.8 Å². The molecule has 3 heteroatoms. The number of fused-ring (bicyclic) bond motifs is 1. The summed E-state index contributed by atoms with van der Waals surface area (Å²) in [4.78, 5) is 2.49. The van der Waals surface area contributed by atoms with Crippen LogP contribution in [-0.2, 0) is 6.42 Å². The van der Waals surface area contributed by atoms with Crippen molar-refractivity contribution in [1.82, 2.24) is 4.90 Å². The molecule has 2 atom stereocenters. The molecule has 0 spiro atoms. The van der Waals surface area contributed by atoms with E-state index in [0.717, 1.165) is 38.4 Å². The molecule has 0 amide bonds. The van der Waals surface area contributed by atoms with Crippen molar-refractivity contribution in [3.05, 3.63) is 29.8 Å². The van der Waals surface area contributed by atoms with Crippen LogP contribution in [0.4, 0.5) is 5.69 Å². The van der Waals surface area contributed by atoms with Gasteiger partial charge in [0.15, 0.2) is 0 Å². The second-order valence-corrected chi connectivity index (χ2v) is 6.45. The number of aryl methyl sites for hydroxylation is 1. The standard InChI is InChI=1S/C16H22N2O/c19-16(9-10-18(11-16)13-6-7-13)15-8-5-12-3-1-2-4-14(12)17-15/h1-4,13,15,17,19H,5-11H2. The van der Waals surface area contributed by atoms with Crippen molar-refractivity contribution in [3.63, 3.8) is 0 Å². The van der Waals surface area contributed by atoms with E-state index >= 15 is 0 Å². The first-order valence-corrected chi connectivity index (χ1v) is 7.55. The normalized spacial score (nSPS) is 34.9. The summed E-state index contributed by atoms with van der Waals surface area (Å²) in [6, 6.07) is 9.48. The largest absolute Gasteiger partial charge is 0.386 e. The fourth-order valence-electron chi connectivity index (χ4n) is 3.72. The van der Waals surface area contributed by atoms with E-state index in [1.807, 2.05) is 0 Å². The van der Waals surface area contributed by atoms with E-state index in [4.69, 9.17) is 0 Å². The Kier molecular flexibility index (Phi) is 2.61. The molecule has 102 valence electrons. The fraction of sp³-hybridized carbons (Fsp3) is 0.625. The number of likely N-dealkylation sites (tertiary alicyclic amines) is 1. The molecule has 0 bridgehead atoms. The van der Waals surface area contributed by atoms with Crippen molar-refractivity contribution in [1.29, 1.82) is 0 Å². The van der Waals surface area contributed by atoms with Crippen LogP contribution in [-0.4, -0.2) is 40.8 Å². The minimum Gasteiger partial charge on any atom is -0.386 e. The summed E-state index contributed by atoms with van der Waals surface area (Å²) in [6.07, 6.45) is 5.71. The summed E-state index contributed by atoms with van der Waals surface area (Å²) in [5.41, 5.74) is 2.08. The first kappa shape index (κ1) is 11.7. The topological polar surface area (TPSA) is 35.5 Å². The van der Waals surface area contributed by atoms with Gasteiger partial charge in [-0.15, -0.1) is 0 Å². The highest BCUT2D eigenvalue weighted by atomic mass is 16.3. The van der Waals surface area contributed by atoms with Crippen LogP contribution < -0.4 is 5.32 Å².